The van der Waals surface area contributed by atoms with Gasteiger partial charge < -0.3 is 9.80 Å². The highest BCUT2D eigenvalue weighted by Gasteiger charge is 2.23. The van der Waals surface area contributed by atoms with Crippen LogP contribution in [0.1, 0.15) is 19.3 Å². The molecule has 0 radical (unpaired) electrons. The summed E-state index contributed by atoms with van der Waals surface area (Å²) in [6.07, 6.45) is 2.82. The Labute approximate surface area is 140 Å². The molecule has 0 spiro atoms. The van der Waals surface area contributed by atoms with Crippen LogP contribution in [-0.4, -0.2) is 54.7 Å². The molecule has 0 aromatic heterocycles. The van der Waals surface area contributed by atoms with Crippen LogP contribution in [0.15, 0.2) is 33.6 Å². The van der Waals surface area contributed by atoms with Gasteiger partial charge in [0, 0.05) is 40.7 Å². The summed E-state index contributed by atoms with van der Waals surface area (Å²) in [6, 6.07) is 8.88. The Morgan fingerprint density at radius 2 is 1.90 bits per heavy atom. The van der Waals surface area contributed by atoms with Gasteiger partial charge in [-0.25, -0.2) is 0 Å². The number of amides is 1. The smallest absolute Gasteiger partial charge is 0.223 e. The monoisotopic (exact) mass is 370 g/mol. The summed E-state index contributed by atoms with van der Waals surface area (Å²) in [5.41, 5.74) is 0. The van der Waals surface area contributed by atoms with Crippen LogP contribution >= 0.6 is 27.7 Å². The van der Waals surface area contributed by atoms with Gasteiger partial charge in [0.05, 0.1) is 0 Å². The van der Waals surface area contributed by atoms with E-state index >= 15 is 0 Å². The molecule has 5 heteroatoms. The van der Waals surface area contributed by atoms with Crippen LogP contribution in [-0.2, 0) is 4.79 Å². The summed E-state index contributed by atoms with van der Waals surface area (Å²) in [5.74, 6) is 1.16. The number of hydrogen-bond acceptors (Lipinski definition) is 3. The van der Waals surface area contributed by atoms with Gasteiger partial charge in [-0.05, 0) is 51.2 Å². The predicted octanol–water partition coefficient (Wildman–Crippen LogP) is 3.48. The second kappa shape index (κ2) is 8.20. The largest absolute Gasteiger partial charge is 0.343 e. The van der Waals surface area contributed by atoms with Gasteiger partial charge in [-0.2, -0.15) is 0 Å². The van der Waals surface area contributed by atoms with Crippen molar-refractivity contribution in [1.82, 2.24) is 9.80 Å². The lowest BCUT2D eigenvalue weighted by atomic mass is 10.0. The number of halogens is 1. The number of nitrogens with zero attached hydrogens (tertiary/aromatic N) is 2. The van der Waals surface area contributed by atoms with Crippen molar-refractivity contribution < 1.29 is 4.79 Å². The maximum absolute atomic E-state index is 12.2. The summed E-state index contributed by atoms with van der Waals surface area (Å²) in [7, 11) is 4.24. The number of rotatable bonds is 5. The Balaban J connectivity index is 1.69. The van der Waals surface area contributed by atoms with Crippen molar-refractivity contribution in [3.05, 3.63) is 28.7 Å². The fourth-order valence-electron chi connectivity index (χ4n) is 2.58. The van der Waals surface area contributed by atoms with E-state index < -0.39 is 0 Å². The molecule has 1 aromatic carbocycles. The van der Waals surface area contributed by atoms with Gasteiger partial charge in [-0.15, -0.1) is 11.8 Å². The summed E-state index contributed by atoms with van der Waals surface area (Å²) in [6.45, 7) is 1.81. The molecule has 2 rings (SSSR count). The molecule has 1 fully saturated rings. The highest BCUT2D eigenvalue weighted by atomic mass is 79.9. The number of carbonyl (C=O) groups is 1. The van der Waals surface area contributed by atoms with Crippen LogP contribution in [0.3, 0.4) is 0 Å². The topological polar surface area (TPSA) is 23.6 Å². The molecular weight excluding hydrogens is 348 g/mol. The minimum Gasteiger partial charge on any atom is -0.343 e. The second-order valence-corrected chi connectivity index (χ2v) is 7.71. The van der Waals surface area contributed by atoms with Crippen molar-refractivity contribution in [3.8, 4) is 0 Å². The van der Waals surface area contributed by atoms with Crippen molar-refractivity contribution in [3.63, 3.8) is 0 Å². The molecule has 0 aliphatic carbocycles. The zero-order valence-electron chi connectivity index (χ0n) is 12.7. The molecule has 21 heavy (non-hydrogen) atoms. The van der Waals surface area contributed by atoms with E-state index in [1.165, 1.54) is 4.90 Å². The Kier molecular flexibility index (Phi) is 6.58. The number of carbonyl (C=O) groups excluding carboxylic acids is 1. The SMILES string of the molecule is CN(C)C1CCN(C(=O)CCSc2ccc(Br)cc2)CC1. The van der Waals surface area contributed by atoms with E-state index in [1.54, 1.807) is 11.8 Å². The van der Waals surface area contributed by atoms with E-state index in [0.717, 1.165) is 36.2 Å². The van der Waals surface area contributed by atoms with Gasteiger partial charge in [-0.3, -0.25) is 4.79 Å². The van der Waals surface area contributed by atoms with Gasteiger partial charge in [0.15, 0.2) is 0 Å². The number of piperidine rings is 1. The molecule has 1 heterocycles. The van der Waals surface area contributed by atoms with Gasteiger partial charge in [-0.1, -0.05) is 15.9 Å². The first-order valence-electron chi connectivity index (χ1n) is 7.39. The minimum absolute atomic E-state index is 0.303. The van der Waals surface area contributed by atoms with Crippen molar-refractivity contribution in [2.75, 3.05) is 32.9 Å². The zero-order valence-corrected chi connectivity index (χ0v) is 15.1. The maximum atomic E-state index is 12.2. The molecule has 0 atom stereocenters. The van der Waals surface area contributed by atoms with Crippen LogP contribution in [0.5, 0.6) is 0 Å². The van der Waals surface area contributed by atoms with Gasteiger partial charge in [0.25, 0.3) is 0 Å². The van der Waals surface area contributed by atoms with Crippen molar-refractivity contribution in [2.24, 2.45) is 0 Å². The zero-order chi connectivity index (χ0) is 15.2. The van der Waals surface area contributed by atoms with E-state index in [4.69, 9.17) is 0 Å². The number of benzene rings is 1. The highest BCUT2D eigenvalue weighted by molar-refractivity contribution is 9.10. The molecule has 0 N–H and O–H groups in total. The first-order chi connectivity index (χ1) is 10.1. The molecule has 0 bridgehead atoms. The lowest BCUT2D eigenvalue weighted by Crippen LogP contribution is -2.44. The van der Waals surface area contributed by atoms with Gasteiger partial charge in [0.1, 0.15) is 0 Å². The van der Waals surface area contributed by atoms with Crippen LogP contribution < -0.4 is 0 Å². The van der Waals surface area contributed by atoms with E-state index in [2.05, 4.69) is 47.1 Å². The summed E-state index contributed by atoms with van der Waals surface area (Å²) in [4.78, 5) is 17.7. The minimum atomic E-state index is 0.303. The van der Waals surface area contributed by atoms with E-state index in [1.807, 2.05) is 17.0 Å². The highest BCUT2D eigenvalue weighted by Crippen LogP contribution is 2.22. The predicted molar refractivity (Wildman–Crippen MR) is 92.8 cm³/mol. The van der Waals surface area contributed by atoms with Crippen LogP contribution in [0.4, 0.5) is 0 Å². The van der Waals surface area contributed by atoms with Crippen LogP contribution in [0, 0.1) is 0 Å². The Morgan fingerprint density at radius 1 is 1.29 bits per heavy atom. The van der Waals surface area contributed by atoms with Gasteiger partial charge in [0.2, 0.25) is 5.91 Å². The number of thioether (sulfide) groups is 1. The average molecular weight is 371 g/mol. The standard InChI is InChI=1S/C16H23BrN2OS/c1-18(2)14-7-10-19(11-8-14)16(20)9-12-21-15-5-3-13(17)4-6-15/h3-6,14H,7-12H2,1-2H3. The van der Waals surface area contributed by atoms with Crippen molar-refractivity contribution in [2.45, 2.75) is 30.2 Å². The van der Waals surface area contributed by atoms with Gasteiger partial charge >= 0.3 is 0 Å². The third-order valence-corrected chi connectivity index (χ3v) is 5.49. The first-order valence-corrected chi connectivity index (χ1v) is 9.16. The molecule has 1 saturated heterocycles. The molecule has 0 saturated carbocycles. The third kappa shape index (κ3) is 5.31. The molecule has 1 amide bonds. The molecule has 1 aromatic rings. The molecular formula is C16H23BrN2OS. The maximum Gasteiger partial charge on any atom is 0.223 e. The lowest BCUT2D eigenvalue weighted by molar-refractivity contribution is -0.132. The summed E-state index contributed by atoms with van der Waals surface area (Å²) in [5, 5.41) is 0. The Morgan fingerprint density at radius 3 is 2.48 bits per heavy atom. The molecule has 3 nitrogen and oxygen atoms in total. The molecule has 116 valence electrons. The van der Waals surface area contributed by atoms with E-state index in [9.17, 15) is 4.79 Å². The molecule has 1 aliphatic rings. The number of likely N-dealkylation sites (tertiary alicyclic amines) is 1. The fourth-order valence-corrected chi connectivity index (χ4v) is 3.68. The Hall–Kier alpha value is -0.520. The number of hydrogen-bond donors (Lipinski definition) is 0. The van der Waals surface area contributed by atoms with E-state index in [0.29, 0.717) is 18.4 Å². The first kappa shape index (κ1) is 16.8. The lowest BCUT2D eigenvalue weighted by Gasteiger charge is -2.35. The molecule has 0 unspecified atom stereocenters. The Bertz CT molecular complexity index is 456. The third-order valence-electron chi connectivity index (χ3n) is 3.95. The van der Waals surface area contributed by atoms with Crippen LogP contribution in [0.2, 0.25) is 0 Å². The van der Waals surface area contributed by atoms with Crippen LogP contribution in [0.25, 0.3) is 0 Å². The molecule has 1 aliphatic heterocycles. The summed E-state index contributed by atoms with van der Waals surface area (Å²) < 4.78 is 1.09. The normalized spacial score (nSPS) is 16.5. The van der Waals surface area contributed by atoms with Crippen molar-refractivity contribution in [1.29, 1.82) is 0 Å². The second-order valence-electron chi connectivity index (χ2n) is 5.63. The quantitative estimate of drug-likeness (QED) is 0.741. The van der Waals surface area contributed by atoms with Crippen molar-refractivity contribution >= 4 is 33.6 Å². The summed E-state index contributed by atoms with van der Waals surface area (Å²) >= 11 is 5.18. The van der Waals surface area contributed by atoms with E-state index in [-0.39, 0.29) is 0 Å². The fraction of sp³-hybridized carbons (Fsp3) is 0.562. The average Bonchev–Trinajstić information content (AvgIpc) is 2.49.